The lowest BCUT2D eigenvalue weighted by Crippen LogP contribution is -2.14. The van der Waals surface area contributed by atoms with E-state index in [1.54, 1.807) is 19.9 Å². The number of aryl methyl sites for hydroxylation is 1. The lowest BCUT2D eigenvalue weighted by atomic mass is 10.0. The molecule has 1 aromatic carbocycles. The van der Waals surface area contributed by atoms with Crippen LogP contribution in [-0.4, -0.2) is 17.7 Å². The molecule has 0 radical (unpaired) electrons. The van der Waals surface area contributed by atoms with E-state index >= 15 is 0 Å². The quantitative estimate of drug-likeness (QED) is 0.643. The molecule has 1 N–H and O–H groups in total. The summed E-state index contributed by atoms with van der Waals surface area (Å²) in [6.45, 7) is 5.72. The van der Waals surface area contributed by atoms with Crippen molar-refractivity contribution in [3.05, 3.63) is 47.0 Å². The number of ether oxygens (including phenoxy) is 1. The third kappa shape index (κ3) is 3.43. The molecule has 0 saturated heterocycles. The summed E-state index contributed by atoms with van der Waals surface area (Å²) in [5.74, 6) is -0.469. The van der Waals surface area contributed by atoms with Gasteiger partial charge in [0.25, 0.3) is 0 Å². The van der Waals surface area contributed by atoms with Crippen molar-refractivity contribution in [3.8, 4) is 0 Å². The highest BCUT2D eigenvalue weighted by Crippen LogP contribution is 2.22. The van der Waals surface area contributed by atoms with Gasteiger partial charge in [0, 0.05) is 0 Å². The number of carbonyl (C=O) groups is 1. The van der Waals surface area contributed by atoms with Crippen molar-refractivity contribution in [2.45, 2.75) is 26.9 Å². The molecule has 0 spiro atoms. The number of aliphatic hydroxyl groups excluding tert-OH is 1. The van der Waals surface area contributed by atoms with Crippen LogP contribution in [-0.2, 0) is 9.53 Å². The van der Waals surface area contributed by atoms with Crippen molar-refractivity contribution in [2.24, 2.45) is 0 Å². The van der Waals surface area contributed by atoms with Gasteiger partial charge in [-0.1, -0.05) is 35.9 Å². The topological polar surface area (TPSA) is 46.5 Å². The minimum Gasteiger partial charge on any atom is -0.463 e. The minimum absolute atomic E-state index is 0.274. The van der Waals surface area contributed by atoms with Crippen molar-refractivity contribution in [1.29, 1.82) is 0 Å². The van der Waals surface area contributed by atoms with Gasteiger partial charge < -0.3 is 9.84 Å². The molecular weight excluding hydrogens is 216 g/mol. The van der Waals surface area contributed by atoms with E-state index in [1.807, 2.05) is 31.2 Å². The maximum Gasteiger partial charge on any atom is 0.336 e. The summed E-state index contributed by atoms with van der Waals surface area (Å²) in [5, 5.41) is 10.1. The van der Waals surface area contributed by atoms with Gasteiger partial charge in [0.1, 0.15) is 6.10 Å². The van der Waals surface area contributed by atoms with E-state index < -0.39 is 12.1 Å². The summed E-state index contributed by atoms with van der Waals surface area (Å²) in [6, 6.07) is 7.42. The van der Waals surface area contributed by atoms with Crippen LogP contribution in [0.3, 0.4) is 0 Å². The van der Waals surface area contributed by atoms with Crippen LogP contribution in [0.1, 0.15) is 31.1 Å². The third-order valence-corrected chi connectivity index (χ3v) is 2.51. The van der Waals surface area contributed by atoms with Crippen LogP contribution in [0.15, 0.2) is 35.9 Å². The number of benzene rings is 1. The van der Waals surface area contributed by atoms with Crippen molar-refractivity contribution in [1.82, 2.24) is 0 Å². The second-order valence-corrected chi connectivity index (χ2v) is 3.78. The molecule has 0 aromatic heterocycles. The maximum absolute atomic E-state index is 11.6. The lowest BCUT2D eigenvalue weighted by Gasteiger charge is -2.14. The molecule has 1 unspecified atom stereocenters. The number of rotatable bonds is 4. The van der Waals surface area contributed by atoms with E-state index in [4.69, 9.17) is 4.74 Å². The first-order valence-corrected chi connectivity index (χ1v) is 5.68. The van der Waals surface area contributed by atoms with Gasteiger partial charge in [-0.3, -0.25) is 0 Å². The van der Waals surface area contributed by atoms with Crippen LogP contribution < -0.4 is 0 Å². The molecule has 0 fully saturated rings. The predicted molar refractivity (Wildman–Crippen MR) is 66.5 cm³/mol. The number of carbonyl (C=O) groups excluding carboxylic acids is 1. The van der Waals surface area contributed by atoms with Crippen molar-refractivity contribution in [3.63, 3.8) is 0 Å². The van der Waals surface area contributed by atoms with Gasteiger partial charge >= 0.3 is 5.97 Å². The molecule has 0 aliphatic rings. The van der Waals surface area contributed by atoms with Gasteiger partial charge in [-0.05, 0) is 26.3 Å². The first kappa shape index (κ1) is 13.5. The number of aliphatic hydroxyl groups is 1. The Balaban J connectivity index is 2.90. The van der Waals surface area contributed by atoms with Crippen LogP contribution in [0.4, 0.5) is 0 Å². The third-order valence-electron chi connectivity index (χ3n) is 2.51. The minimum atomic E-state index is -0.931. The Morgan fingerprint density at radius 3 is 2.47 bits per heavy atom. The van der Waals surface area contributed by atoms with Crippen molar-refractivity contribution >= 4 is 5.97 Å². The Labute approximate surface area is 102 Å². The molecule has 92 valence electrons. The Kier molecular flexibility index (Phi) is 4.91. The van der Waals surface area contributed by atoms with Gasteiger partial charge in [-0.25, -0.2) is 4.79 Å². The molecular formula is C14H18O3. The maximum atomic E-state index is 11.6. The zero-order valence-corrected chi connectivity index (χ0v) is 10.4. The van der Waals surface area contributed by atoms with Crippen LogP contribution >= 0.6 is 0 Å². The normalized spacial score (nSPS) is 13.3. The van der Waals surface area contributed by atoms with Gasteiger partial charge in [0.05, 0.1) is 12.2 Å². The summed E-state index contributed by atoms with van der Waals surface area (Å²) < 4.78 is 4.89. The Hall–Kier alpha value is -1.61. The molecule has 0 saturated carbocycles. The standard InChI is InChI=1S/C14H18O3/c1-4-12(14(16)17-5-2)13(15)11-8-6-10(3)7-9-11/h4,6-9,13,15H,5H2,1-3H3/b12-4+. The van der Waals surface area contributed by atoms with Gasteiger partial charge in [-0.2, -0.15) is 0 Å². The second kappa shape index (κ2) is 6.21. The van der Waals surface area contributed by atoms with E-state index in [2.05, 4.69) is 0 Å². The first-order chi connectivity index (χ1) is 8.10. The van der Waals surface area contributed by atoms with E-state index in [0.717, 1.165) is 5.56 Å². The monoisotopic (exact) mass is 234 g/mol. The number of allylic oxidation sites excluding steroid dienone is 1. The summed E-state index contributed by atoms with van der Waals surface area (Å²) in [4.78, 5) is 11.6. The molecule has 1 atom stereocenters. The van der Waals surface area contributed by atoms with E-state index in [0.29, 0.717) is 12.2 Å². The van der Waals surface area contributed by atoms with Gasteiger partial charge in [0.2, 0.25) is 0 Å². The number of esters is 1. The van der Waals surface area contributed by atoms with Crippen molar-refractivity contribution in [2.75, 3.05) is 6.61 Å². The van der Waals surface area contributed by atoms with Crippen LogP contribution in [0.5, 0.6) is 0 Å². The molecule has 17 heavy (non-hydrogen) atoms. The number of hydrogen-bond acceptors (Lipinski definition) is 3. The Bertz CT molecular complexity index is 404. The molecule has 0 heterocycles. The van der Waals surface area contributed by atoms with Crippen molar-refractivity contribution < 1.29 is 14.6 Å². The zero-order valence-electron chi connectivity index (χ0n) is 10.4. The van der Waals surface area contributed by atoms with E-state index in [9.17, 15) is 9.90 Å². The highest BCUT2D eigenvalue weighted by molar-refractivity contribution is 5.89. The molecule has 3 heteroatoms. The highest BCUT2D eigenvalue weighted by Gasteiger charge is 2.20. The smallest absolute Gasteiger partial charge is 0.336 e. The molecule has 1 rings (SSSR count). The summed E-state index contributed by atoms with van der Waals surface area (Å²) >= 11 is 0. The van der Waals surface area contributed by atoms with E-state index in [-0.39, 0.29) is 5.57 Å². The van der Waals surface area contributed by atoms with Crippen LogP contribution in [0.2, 0.25) is 0 Å². The SMILES string of the molecule is C/C=C(/C(=O)OCC)C(O)c1ccc(C)cc1. The van der Waals surface area contributed by atoms with Crippen LogP contribution in [0.25, 0.3) is 0 Å². The Morgan fingerprint density at radius 1 is 1.41 bits per heavy atom. The average Bonchev–Trinajstić information content (AvgIpc) is 2.31. The number of hydrogen-bond donors (Lipinski definition) is 1. The first-order valence-electron chi connectivity index (χ1n) is 5.68. The summed E-state index contributed by atoms with van der Waals surface area (Å²) in [7, 11) is 0. The molecule has 0 aliphatic heterocycles. The molecule has 0 aliphatic carbocycles. The zero-order chi connectivity index (χ0) is 12.8. The fourth-order valence-electron chi connectivity index (χ4n) is 1.53. The molecule has 0 amide bonds. The molecule has 0 bridgehead atoms. The fourth-order valence-corrected chi connectivity index (χ4v) is 1.53. The molecule has 3 nitrogen and oxygen atoms in total. The predicted octanol–water partition coefficient (Wildman–Crippen LogP) is 2.54. The second-order valence-electron chi connectivity index (χ2n) is 3.78. The fraction of sp³-hybridized carbons (Fsp3) is 0.357. The average molecular weight is 234 g/mol. The summed E-state index contributed by atoms with van der Waals surface area (Å²) in [6.07, 6.45) is 0.655. The van der Waals surface area contributed by atoms with Gasteiger partial charge in [0.15, 0.2) is 0 Å². The largest absolute Gasteiger partial charge is 0.463 e. The highest BCUT2D eigenvalue weighted by atomic mass is 16.5. The van der Waals surface area contributed by atoms with Gasteiger partial charge in [-0.15, -0.1) is 0 Å². The Morgan fingerprint density at radius 2 is 2.00 bits per heavy atom. The van der Waals surface area contributed by atoms with Crippen LogP contribution in [0, 0.1) is 6.92 Å². The summed E-state index contributed by atoms with van der Waals surface area (Å²) in [5.41, 5.74) is 2.08. The molecule has 1 aromatic rings. The lowest BCUT2D eigenvalue weighted by molar-refractivity contribution is -0.139. The van der Waals surface area contributed by atoms with E-state index in [1.165, 1.54) is 0 Å².